The third-order valence-corrected chi connectivity index (χ3v) is 5.86. The summed E-state index contributed by atoms with van der Waals surface area (Å²) < 4.78 is 9.79. The molecule has 5 rings (SSSR count). The smallest absolute Gasteiger partial charge is 0.202 e. The highest BCUT2D eigenvalue weighted by Crippen LogP contribution is 2.47. The molecule has 3 aromatic rings. The summed E-state index contributed by atoms with van der Waals surface area (Å²) in [6.07, 6.45) is 5.71. The Hall–Kier alpha value is -2.07. The molecule has 3 nitrogen and oxygen atoms in total. The molecule has 0 bridgehead atoms. The number of halogens is 1. The molecule has 1 spiro atoms. The van der Waals surface area contributed by atoms with E-state index in [0.29, 0.717) is 0 Å². The summed E-state index contributed by atoms with van der Waals surface area (Å²) in [7, 11) is 0. The molecule has 1 aromatic heterocycles. The van der Waals surface area contributed by atoms with Crippen molar-refractivity contribution in [2.75, 3.05) is 0 Å². The predicted molar refractivity (Wildman–Crippen MR) is 102 cm³/mol. The van der Waals surface area contributed by atoms with Crippen molar-refractivity contribution < 1.29 is 4.74 Å². The number of rotatable bonds is 1. The Kier molecular flexibility index (Phi) is 3.49. The van der Waals surface area contributed by atoms with Gasteiger partial charge in [-0.2, -0.15) is 5.10 Å². The Morgan fingerprint density at radius 2 is 1.72 bits per heavy atom. The molecule has 0 unspecified atom stereocenters. The van der Waals surface area contributed by atoms with Gasteiger partial charge in [0.05, 0.1) is 11.4 Å². The van der Waals surface area contributed by atoms with E-state index in [0.717, 1.165) is 39.9 Å². The van der Waals surface area contributed by atoms with Gasteiger partial charge in [-0.15, -0.1) is 0 Å². The Labute approximate surface area is 155 Å². The minimum atomic E-state index is -0.324. The topological polar surface area (TPSA) is 27.1 Å². The van der Waals surface area contributed by atoms with Gasteiger partial charge in [0.25, 0.3) is 0 Å². The number of aromatic nitrogens is 2. The molecule has 0 saturated heterocycles. The van der Waals surface area contributed by atoms with Crippen LogP contribution in [-0.4, -0.2) is 9.78 Å². The van der Waals surface area contributed by atoms with Crippen molar-refractivity contribution in [1.29, 1.82) is 0 Å². The minimum absolute atomic E-state index is 0.324. The summed E-state index contributed by atoms with van der Waals surface area (Å²) in [5, 5.41) is 5.00. The number of para-hydroxylation sites is 1. The van der Waals surface area contributed by atoms with E-state index in [1.54, 1.807) is 0 Å². The van der Waals surface area contributed by atoms with Gasteiger partial charge in [0, 0.05) is 28.4 Å². The zero-order valence-electron chi connectivity index (χ0n) is 13.9. The molecule has 2 aromatic carbocycles. The van der Waals surface area contributed by atoms with Crippen LogP contribution in [0.4, 0.5) is 0 Å². The van der Waals surface area contributed by atoms with Gasteiger partial charge in [0.15, 0.2) is 0 Å². The monoisotopic (exact) mass is 394 g/mol. The lowest BCUT2D eigenvalue weighted by atomic mass is 9.90. The molecule has 4 heteroatoms. The van der Waals surface area contributed by atoms with Crippen LogP contribution in [0.5, 0.6) is 5.75 Å². The summed E-state index contributed by atoms with van der Waals surface area (Å²) in [6.45, 7) is 0. The fourth-order valence-corrected chi connectivity index (χ4v) is 4.34. The van der Waals surface area contributed by atoms with E-state index >= 15 is 0 Å². The van der Waals surface area contributed by atoms with Crippen molar-refractivity contribution in [3.8, 4) is 28.3 Å². The van der Waals surface area contributed by atoms with Crippen LogP contribution in [0.1, 0.15) is 32.1 Å². The van der Waals surface area contributed by atoms with Gasteiger partial charge in [-0.3, -0.25) is 0 Å². The molecular formula is C21H19BrN2O. The van der Waals surface area contributed by atoms with Crippen LogP contribution in [0.3, 0.4) is 0 Å². The van der Waals surface area contributed by atoms with Crippen molar-refractivity contribution >= 4 is 15.9 Å². The van der Waals surface area contributed by atoms with Gasteiger partial charge < -0.3 is 4.74 Å². The number of fused-ring (bicyclic) bond motifs is 4. The molecule has 1 fully saturated rings. The molecular weight excluding hydrogens is 376 g/mol. The van der Waals surface area contributed by atoms with Gasteiger partial charge in [-0.25, -0.2) is 4.68 Å². The molecule has 0 radical (unpaired) electrons. The quantitative estimate of drug-likeness (QED) is 0.506. The van der Waals surface area contributed by atoms with Crippen LogP contribution >= 0.6 is 15.9 Å². The number of nitrogens with zero attached hydrogens (tertiary/aromatic N) is 2. The Balaban J connectivity index is 1.70. The van der Waals surface area contributed by atoms with Crippen molar-refractivity contribution in [2.24, 2.45) is 0 Å². The van der Waals surface area contributed by atoms with Crippen molar-refractivity contribution in [3.63, 3.8) is 0 Å². The van der Waals surface area contributed by atoms with Gasteiger partial charge in [0.2, 0.25) is 5.72 Å². The van der Waals surface area contributed by atoms with Crippen molar-refractivity contribution in [1.82, 2.24) is 9.78 Å². The molecule has 1 aliphatic carbocycles. The van der Waals surface area contributed by atoms with E-state index in [9.17, 15) is 0 Å². The molecule has 1 saturated carbocycles. The largest absolute Gasteiger partial charge is 0.465 e. The number of ether oxygens (including phenoxy) is 1. The second-order valence-electron chi connectivity index (χ2n) is 6.94. The number of hydrogen-bond acceptors (Lipinski definition) is 2. The highest BCUT2D eigenvalue weighted by molar-refractivity contribution is 9.10. The van der Waals surface area contributed by atoms with E-state index in [1.807, 2.05) is 0 Å². The average molecular weight is 395 g/mol. The lowest BCUT2D eigenvalue weighted by molar-refractivity contribution is -0.0568. The predicted octanol–water partition coefficient (Wildman–Crippen LogP) is 5.99. The standard InChI is InChI=1S/C21H19BrN2O/c22-16-10-8-15(9-11-16)18-14-19-17-6-2-3-7-20(17)25-21(24(19)23-18)12-4-1-5-13-21/h2-3,6-11,14H,1,4-5,12-13H2. The van der Waals surface area contributed by atoms with Crippen LogP contribution < -0.4 is 4.74 Å². The fraction of sp³-hybridized carbons (Fsp3) is 0.286. The van der Waals surface area contributed by atoms with Crippen molar-refractivity contribution in [3.05, 3.63) is 59.1 Å². The molecule has 0 atom stereocenters. The molecule has 126 valence electrons. The van der Waals surface area contributed by atoms with Gasteiger partial charge in [-0.1, -0.05) is 46.6 Å². The third kappa shape index (κ3) is 2.43. The first-order valence-corrected chi connectivity index (χ1v) is 9.69. The first-order chi connectivity index (χ1) is 12.3. The summed E-state index contributed by atoms with van der Waals surface area (Å²) in [6, 6.07) is 18.9. The van der Waals surface area contributed by atoms with Gasteiger partial charge in [-0.05, 0) is 43.2 Å². The summed E-state index contributed by atoms with van der Waals surface area (Å²) in [5.41, 5.74) is 4.12. The highest BCUT2D eigenvalue weighted by Gasteiger charge is 2.42. The zero-order valence-corrected chi connectivity index (χ0v) is 15.5. The lowest BCUT2D eigenvalue weighted by Crippen LogP contribution is -2.44. The van der Waals surface area contributed by atoms with Gasteiger partial charge >= 0.3 is 0 Å². The normalized spacial score (nSPS) is 17.6. The van der Waals surface area contributed by atoms with Crippen molar-refractivity contribution in [2.45, 2.75) is 37.8 Å². The summed E-state index contributed by atoms with van der Waals surface area (Å²) in [4.78, 5) is 0. The SMILES string of the molecule is Brc1ccc(-c2cc3n(n2)C2(CCCCC2)Oc2ccccc2-3)cc1. The average Bonchev–Trinajstić information content (AvgIpc) is 3.10. The number of benzene rings is 2. The van der Waals surface area contributed by atoms with E-state index < -0.39 is 0 Å². The maximum atomic E-state index is 6.55. The van der Waals surface area contributed by atoms with Crippen LogP contribution in [0, 0.1) is 0 Å². The van der Waals surface area contributed by atoms with Gasteiger partial charge in [0.1, 0.15) is 5.75 Å². The molecule has 0 amide bonds. The van der Waals surface area contributed by atoms with Crippen LogP contribution in [0.15, 0.2) is 59.1 Å². The van der Waals surface area contributed by atoms with Crippen LogP contribution in [-0.2, 0) is 5.72 Å². The molecule has 0 N–H and O–H groups in total. The van der Waals surface area contributed by atoms with E-state index in [-0.39, 0.29) is 5.72 Å². The van der Waals surface area contributed by atoms with E-state index in [2.05, 4.69) is 75.2 Å². The number of hydrogen-bond donors (Lipinski definition) is 0. The summed E-state index contributed by atoms with van der Waals surface area (Å²) >= 11 is 3.51. The molecule has 1 aliphatic heterocycles. The Bertz CT molecular complexity index is 923. The molecule has 25 heavy (non-hydrogen) atoms. The third-order valence-electron chi connectivity index (χ3n) is 5.33. The fourth-order valence-electron chi connectivity index (χ4n) is 4.08. The van der Waals surface area contributed by atoms with Crippen LogP contribution in [0.2, 0.25) is 0 Å². The maximum absolute atomic E-state index is 6.55. The lowest BCUT2D eigenvalue weighted by Gasteiger charge is -2.42. The second-order valence-corrected chi connectivity index (χ2v) is 7.85. The molecule has 2 heterocycles. The van der Waals surface area contributed by atoms with E-state index in [1.165, 1.54) is 25.0 Å². The minimum Gasteiger partial charge on any atom is -0.465 e. The highest BCUT2D eigenvalue weighted by atomic mass is 79.9. The Morgan fingerprint density at radius 3 is 2.52 bits per heavy atom. The first kappa shape index (κ1) is 15.2. The second kappa shape index (κ2) is 5.73. The molecule has 2 aliphatic rings. The van der Waals surface area contributed by atoms with E-state index in [4.69, 9.17) is 9.84 Å². The van der Waals surface area contributed by atoms with Crippen LogP contribution in [0.25, 0.3) is 22.5 Å². The Morgan fingerprint density at radius 1 is 0.960 bits per heavy atom. The zero-order chi connectivity index (χ0) is 16.9. The maximum Gasteiger partial charge on any atom is 0.202 e. The summed E-state index contributed by atoms with van der Waals surface area (Å²) in [5.74, 6) is 0.985. The first-order valence-electron chi connectivity index (χ1n) is 8.90.